The summed E-state index contributed by atoms with van der Waals surface area (Å²) in [6, 6.07) is 4.24. The van der Waals surface area contributed by atoms with Gasteiger partial charge in [-0.15, -0.1) is 0 Å². The number of hydrogen-bond acceptors (Lipinski definition) is 3. The van der Waals surface area contributed by atoms with Crippen LogP contribution in [0.1, 0.15) is 15.9 Å². The lowest BCUT2D eigenvalue weighted by molar-refractivity contribution is -0.137. The third-order valence-electron chi connectivity index (χ3n) is 2.50. The summed E-state index contributed by atoms with van der Waals surface area (Å²) < 4.78 is 38.8. The molecule has 0 spiro atoms. The number of benzene rings is 1. The third-order valence-corrected chi connectivity index (χ3v) is 2.50. The maximum absolute atomic E-state index is 12.6. The van der Waals surface area contributed by atoms with Crippen molar-refractivity contribution in [2.45, 2.75) is 6.18 Å². The number of halogens is 3. The molecule has 0 atom stereocenters. The lowest BCUT2D eigenvalue weighted by Gasteiger charge is -2.10. The SMILES string of the molecule is O=C(O)c1cn(-c2cccc(C(F)(F)F)c2)cnc1=O. The van der Waals surface area contributed by atoms with Crippen LogP contribution in [0.4, 0.5) is 13.2 Å². The molecule has 0 aliphatic carbocycles. The molecule has 0 amide bonds. The van der Waals surface area contributed by atoms with Crippen molar-refractivity contribution in [3.63, 3.8) is 0 Å². The zero-order valence-electron chi connectivity index (χ0n) is 9.76. The van der Waals surface area contributed by atoms with Crippen LogP contribution < -0.4 is 5.56 Å². The highest BCUT2D eigenvalue weighted by Crippen LogP contribution is 2.30. The topological polar surface area (TPSA) is 72.2 Å². The highest BCUT2D eigenvalue weighted by atomic mass is 19.4. The lowest BCUT2D eigenvalue weighted by Crippen LogP contribution is -2.19. The Kier molecular flexibility index (Phi) is 3.31. The summed E-state index contributed by atoms with van der Waals surface area (Å²) in [5, 5.41) is 8.79. The van der Waals surface area contributed by atoms with Crippen LogP contribution >= 0.6 is 0 Å². The van der Waals surface area contributed by atoms with Gasteiger partial charge in [-0.3, -0.25) is 4.79 Å². The Morgan fingerprint density at radius 3 is 2.60 bits per heavy atom. The largest absolute Gasteiger partial charge is 0.477 e. The van der Waals surface area contributed by atoms with Crippen molar-refractivity contribution in [3.05, 3.63) is 58.3 Å². The Morgan fingerprint density at radius 1 is 1.30 bits per heavy atom. The monoisotopic (exact) mass is 284 g/mol. The van der Waals surface area contributed by atoms with E-state index in [1.165, 1.54) is 12.1 Å². The van der Waals surface area contributed by atoms with Gasteiger partial charge >= 0.3 is 12.1 Å². The number of carboxylic acid groups (broad SMARTS) is 1. The van der Waals surface area contributed by atoms with Crippen molar-refractivity contribution in [1.29, 1.82) is 0 Å². The first-order chi connectivity index (χ1) is 9.29. The molecule has 1 aromatic heterocycles. The van der Waals surface area contributed by atoms with Gasteiger partial charge in [0.2, 0.25) is 0 Å². The first kappa shape index (κ1) is 13.8. The second kappa shape index (κ2) is 4.80. The van der Waals surface area contributed by atoms with E-state index in [0.717, 1.165) is 29.2 Å². The first-order valence-electron chi connectivity index (χ1n) is 5.28. The number of aromatic carboxylic acids is 1. The van der Waals surface area contributed by atoms with Crippen molar-refractivity contribution in [1.82, 2.24) is 9.55 Å². The van der Waals surface area contributed by atoms with E-state index in [0.29, 0.717) is 0 Å². The van der Waals surface area contributed by atoms with Crippen molar-refractivity contribution >= 4 is 5.97 Å². The molecule has 104 valence electrons. The molecule has 0 aliphatic rings. The lowest BCUT2D eigenvalue weighted by atomic mass is 10.2. The summed E-state index contributed by atoms with van der Waals surface area (Å²) in [5.74, 6) is -1.50. The molecule has 20 heavy (non-hydrogen) atoms. The predicted molar refractivity (Wildman–Crippen MR) is 61.8 cm³/mol. The maximum Gasteiger partial charge on any atom is 0.416 e. The van der Waals surface area contributed by atoms with Crippen LogP contribution in [0.25, 0.3) is 5.69 Å². The van der Waals surface area contributed by atoms with Crippen molar-refractivity contribution in [2.75, 3.05) is 0 Å². The number of rotatable bonds is 2. The molecule has 2 aromatic rings. The summed E-state index contributed by atoms with van der Waals surface area (Å²) in [5.41, 5.74) is -2.41. The van der Waals surface area contributed by atoms with Crippen LogP contribution in [-0.4, -0.2) is 20.6 Å². The van der Waals surface area contributed by atoms with E-state index in [1.54, 1.807) is 0 Å². The number of carbonyl (C=O) groups is 1. The Labute approximate surface area is 109 Å². The Morgan fingerprint density at radius 2 is 2.00 bits per heavy atom. The van der Waals surface area contributed by atoms with Crippen LogP contribution in [-0.2, 0) is 6.18 Å². The van der Waals surface area contributed by atoms with Gasteiger partial charge in [0.05, 0.1) is 5.56 Å². The number of carboxylic acids is 1. The molecule has 1 aromatic carbocycles. The highest BCUT2D eigenvalue weighted by Gasteiger charge is 2.30. The summed E-state index contributed by atoms with van der Waals surface area (Å²) in [7, 11) is 0. The molecular formula is C12H7F3N2O3. The fraction of sp³-hybridized carbons (Fsp3) is 0.0833. The zero-order valence-corrected chi connectivity index (χ0v) is 9.76. The summed E-state index contributed by atoms with van der Waals surface area (Å²) in [6.45, 7) is 0. The Hall–Kier alpha value is -2.64. The van der Waals surface area contributed by atoms with E-state index in [-0.39, 0.29) is 5.69 Å². The summed E-state index contributed by atoms with van der Waals surface area (Å²) >= 11 is 0. The third kappa shape index (κ3) is 2.68. The first-order valence-corrected chi connectivity index (χ1v) is 5.28. The van der Waals surface area contributed by atoms with Gasteiger partial charge in [0, 0.05) is 11.9 Å². The van der Waals surface area contributed by atoms with E-state index in [1.807, 2.05) is 0 Å². The average Bonchev–Trinajstić information content (AvgIpc) is 2.38. The van der Waals surface area contributed by atoms with E-state index < -0.39 is 28.8 Å². The number of alkyl halides is 3. The van der Waals surface area contributed by atoms with E-state index in [2.05, 4.69) is 4.98 Å². The van der Waals surface area contributed by atoms with E-state index in [9.17, 15) is 22.8 Å². The molecule has 8 heteroatoms. The standard InChI is InChI=1S/C12H7F3N2O3/c13-12(14,15)7-2-1-3-8(4-7)17-5-9(11(19)20)10(18)16-6-17/h1-6H,(H,19,20). The van der Waals surface area contributed by atoms with Gasteiger partial charge in [-0.05, 0) is 18.2 Å². The molecule has 0 bridgehead atoms. The molecule has 0 saturated heterocycles. The number of hydrogen-bond donors (Lipinski definition) is 1. The second-order valence-corrected chi connectivity index (χ2v) is 3.85. The van der Waals surface area contributed by atoms with Crippen LogP contribution in [0, 0.1) is 0 Å². The van der Waals surface area contributed by atoms with Crippen LogP contribution in [0.5, 0.6) is 0 Å². The molecule has 0 aliphatic heterocycles. The normalized spacial score (nSPS) is 11.3. The second-order valence-electron chi connectivity index (χ2n) is 3.85. The summed E-state index contributed by atoms with van der Waals surface area (Å²) in [6.07, 6.45) is -2.63. The van der Waals surface area contributed by atoms with Crippen LogP contribution in [0.3, 0.4) is 0 Å². The molecule has 1 heterocycles. The molecule has 1 N–H and O–H groups in total. The minimum Gasteiger partial charge on any atom is -0.477 e. The highest BCUT2D eigenvalue weighted by molar-refractivity contribution is 5.86. The van der Waals surface area contributed by atoms with Gasteiger partial charge in [0.1, 0.15) is 11.9 Å². The minimum atomic E-state index is -4.52. The molecule has 0 saturated carbocycles. The quantitative estimate of drug-likeness (QED) is 0.914. The molecule has 0 radical (unpaired) electrons. The fourth-order valence-corrected chi connectivity index (χ4v) is 1.54. The fourth-order valence-electron chi connectivity index (χ4n) is 1.54. The molecule has 0 unspecified atom stereocenters. The van der Waals surface area contributed by atoms with Gasteiger partial charge in [0.25, 0.3) is 5.56 Å². The summed E-state index contributed by atoms with van der Waals surface area (Å²) in [4.78, 5) is 25.3. The number of nitrogens with zero attached hydrogens (tertiary/aromatic N) is 2. The molecule has 0 fully saturated rings. The molecule has 2 rings (SSSR count). The number of aromatic nitrogens is 2. The zero-order chi connectivity index (χ0) is 14.9. The van der Waals surface area contributed by atoms with Gasteiger partial charge in [0.15, 0.2) is 0 Å². The maximum atomic E-state index is 12.6. The van der Waals surface area contributed by atoms with Crippen LogP contribution in [0.15, 0.2) is 41.6 Å². The van der Waals surface area contributed by atoms with Crippen molar-refractivity contribution in [3.8, 4) is 5.69 Å². The smallest absolute Gasteiger partial charge is 0.416 e. The van der Waals surface area contributed by atoms with Crippen molar-refractivity contribution < 1.29 is 23.1 Å². The molecular weight excluding hydrogens is 277 g/mol. The van der Waals surface area contributed by atoms with Gasteiger partial charge in [-0.1, -0.05) is 6.07 Å². The van der Waals surface area contributed by atoms with Crippen LogP contribution in [0.2, 0.25) is 0 Å². The van der Waals surface area contributed by atoms with Gasteiger partial charge in [-0.25, -0.2) is 4.79 Å². The van der Waals surface area contributed by atoms with E-state index in [4.69, 9.17) is 5.11 Å². The average molecular weight is 284 g/mol. The van der Waals surface area contributed by atoms with Gasteiger partial charge < -0.3 is 9.67 Å². The van der Waals surface area contributed by atoms with E-state index >= 15 is 0 Å². The predicted octanol–water partition coefficient (Wildman–Crippen LogP) is 1.95. The van der Waals surface area contributed by atoms with Crippen molar-refractivity contribution in [2.24, 2.45) is 0 Å². The van der Waals surface area contributed by atoms with Gasteiger partial charge in [-0.2, -0.15) is 18.2 Å². The minimum absolute atomic E-state index is 0.0508. The molecule has 5 nitrogen and oxygen atoms in total. The Balaban J connectivity index is 2.55. The Bertz CT molecular complexity index is 722.